The number of rotatable bonds is 7. The Bertz CT molecular complexity index is 1030. The van der Waals surface area contributed by atoms with Crippen LogP contribution in [0.25, 0.3) is 0 Å². The second-order valence-electron chi connectivity index (χ2n) is 10.9. The number of benzene rings is 2. The number of nitrogens with one attached hydrogen (secondary N) is 1. The molecule has 1 spiro atoms. The van der Waals surface area contributed by atoms with Gasteiger partial charge < -0.3 is 10.2 Å². The lowest BCUT2D eigenvalue weighted by Crippen LogP contribution is -2.48. The van der Waals surface area contributed by atoms with Crippen molar-refractivity contribution >= 4 is 23.3 Å². The van der Waals surface area contributed by atoms with Crippen LogP contribution in [0.2, 0.25) is 0 Å². The fourth-order valence-corrected chi connectivity index (χ4v) is 5.87. The van der Waals surface area contributed by atoms with Gasteiger partial charge in [0, 0.05) is 17.9 Å². The van der Waals surface area contributed by atoms with E-state index in [0.717, 1.165) is 54.6 Å². The SMILES string of the molecule is CCc1ccc(N2C(=O)N(CC(=O)Nc3c(C(C)C)cccc3C(C)C)CC23CCCCC3)cc1. The molecule has 0 atom stereocenters. The fraction of sp³-hybridized carbons (Fsp3) is 0.533. The molecule has 0 radical (unpaired) electrons. The Morgan fingerprint density at radius 3 is 2.09 bits per heavy atom. The minimum absolute atomic E-state index is 0.0486. The maximum absolute atomic E-state index is 13.7. The fourth-order valence-electron chi connectivity index (χ4n) is 5.87. The molecule has 35 heavy (non-hydrogen) atoms. The van der Waals surface area contributed by atoms with Crippen LogP contribution in [-0.4, -0.2) is 35.5 Å². The van der Waals surface area contributed by atoms with Crippen LogP contribution in [0.3, 0.4) is 0 Å². The minimum Gasteiger partial charge on any atom is -0.324 e. The predicted molar refractivity (Wildman–Crippen MR) is 144 cm³/mol. The van der Waals surface area contributed by atoms with Crippen LogP contribution in [0, 0.1) is 0 Å². The Hall–Kier alpha value is -2.82. The standard InChI is InChI=1S/C30H41N3O2/c1-6-23-13-15-24(16-14-23)33-29(35)32(20-30(33)17-8-7-9-18-30)19-27(34)31-28-25(21(2)3)11-10-12-26(28)22(4)5/h10-16,21-22H,6-9,17-20H2,1-5H3,(H,31,34). The Morgan fingerprint density at radius 2 is 1.54 bits per heavy atom. The van der Waals surface area contributed by atoms with Crippen LogP contribution in [0.15, 0.2) is 42.5 Å². The van der Waals surface area contributed by atoms with Crippen LogP contribution in [0.4, 0.5) is 16.2 Å². The molecule has 2 aliphatic rings. The van der Waals surface area contributed by atoms with Gasteiger partial charge in [0.05, 0.1) is 5.54 Å². The normalized spacial score (nSPS) is 17.6. The Morgan fingerprint density at radius 1 is 0.943 bits per heavy atom. The van der Waals surface area contributed by atoms with Gasteiger partial charge in [-0.1, -0.05) is 84.2 Å². The van der Waals surface area contributed by atoms with Gasteiger partial charge in [-0.3, -0.25) is 9.69 Å². The number of nitrogens with zero attached hydrogens (tertiary/aromatic N) is 2. The van der Waals surface area contributed by atoms with Crippen molar-refractivity contribution in [3.8, 4) is 0 Å². The lowest BCUT2D eigenvalue weighted by molar-refractivity contribution is -0.116. The molecule has 188 valence electrons. The number of para-hydroxylation sites is 1. The summed E-state index contributed by atoms with van der Waals surface area (Å²) in [7, 11) is 0. The number of aryl methyl sites for hydroxylation is 1. The smallest absolute Gasteiger partial charge is 0.324 e. The molecule has 2 aromatic carbocycles. The average Bonchev–Trinajstić information content (AvgIpc) is 3.09. The van der Waals surface area contributed by atoms with Gasteiger partial charge in [-0.2, -0.15) is 0 Å². The summed E-state index contributed by atoms with van der Waals surface area (Å²) in [6.07, 6.45) is 6.40. The first-order chi connectivity index (χ1) is 16.8. The van der Waals surface area contributed by atoms with Gasteiger partial charge in [-0.05, 0) is 59.9 Å². The van der Waals surface area contributed by atoms with Crippen molar-refractivity contribution in [1.29, 1.82) is 0 Å². The molecule has 2 aromatic rings. The zero-order chi connectivity index (χ0) is 25.2. The lowest BCUT2D eigenvalue weighted by atomic mass is 9.81. The summed E-state index contributed by atoms with van der Waals surface area (Å²) in [6, 6.07) is 14.6. The number of urea groups is 1. The highest BCUT2D eigenvalue weighted by Gasteiger charge is 2.50. The van der Waals surface area contributed by atoms with Gasteiger partial charge in [0.25, 0.3) is 0 Å². The van der Waals surface area contributed by atoms with E-state index in [9.17, 15) is 9.59 Å². The number of amides is 3. The van der Waals surface area contributed by atoms with E-state index in [1.54, 1.807) is 4.90 Å². The van der Waals surface area contributed by atoms with Crippen LogP contribution < -0.4 is 10.2 Å². The largest absolute Gasteiger partial charge is 0.325 e. The summed E-state index contributed by atoms with van der Waals surface area (Å²) in [5, 5.41) is 3.20. The van der Waals surface area contributed by atoms with Crippen LogP contribution in [0.1, 0.15) is 95.2 Å². The third kappa shape index (κ3) is 5.10. The number of anilines is 2. The molecule has 3 amide bonds. The van der Waals surface area contributed by atoms with E-state index in [4.69, 9.17) is 0 Å². The van der Waals surface area contributed by atoms with E-state index in [1.165, 1.54) is 12.0 Å². The first-order valence-corrected chi connectivity index (χ1v) is 13.4. The van der Waals surface area contributed by atoms with E-state index in [-0.39, 0.29) is 24.0 Å². The quantitative estimate of drug-likeness (QED) is 0.465. The van der Waals surface area contributed by atoms with Crippen molar-refractivity contribution in [2.24, 2.45) is 0 Å². The Kier molecular flexibility index (Phi) is 7.53. The van der Waals surface area contributed by atoms with Crippen LogP contribution in [0.5, 0.6) is 0 Å². The van der Waals surface area contributed by atoms with E-state index < -0.39 is 0 Å². The third-order valence-corrected chi connectivity index (χ3v) is 7.78. The van der Waals surface area contributed by atoms with Crippen molar-refractivity contribution < 1.29 is 9.59 Å². The molecule has 1 saturated heterocycles. The highest BCUT2D eigenvalue weighted by Crippen LogP contribution is 2.42. The second kappa shape index (κ2) is 10.4. The van der Waals surface area contributed by atoms with Crippen molar-refractivity contribution in [3.05, 3.63) is 59.2 Å². The van der Waals surface area contributed by atoms with Crippen molar-refractivity contribution in [2.45, 2.75) is 90.5 Å². The maximum Gasteiger partial charge on any atom is 0.325 e. The number of hydrogen-bond donors (Lipinski definition) is 1. The summed E-state index contributed by atoms with van der Waals surface area (Å²) in [6.45, 7) is 11.4. The molecular formula is C30H41N3O2. The molecule has 5 heteroatoms. The van der Waals surface area contributed by atoms with Gasteiger partial charge in [0.2, 0.25) is 5.91 Å². The predicted octanol–water partition coefficient (Wildman–Crippen LogP) is 7.08. The highest BCUT2D eigenvalue weighted by atomic mass is 16.2. The second-order valence-corrected chi connectivity index (χ2v) is 10.9. The van der Waals surface area contributed by atoms with Crippen molar-refractivity contribution in [1.82, 2.24) is 4.90 Å². The van der Waals surface area contributed by atoms with Gasteiger partial charge >= 0.3 is 6.03 Å². The number of carbonyl (C=O) groups is 2. The van der Waals surface area contributed by atoms with Gasteiger partial charge in [0.1, 0.15) is 6.54 Å². The van der Waals surface area contributed by atoms with Crippen molar-refractivity contribution in [3.63, 3.8) is 0 Å². The number of carbonyl (C=O) groups excluding carboxylic acids is 2. The summed E-state index contributed by atoms with van der Waals surface area (Å²) in [5.41, 5.74) is 5.18. The molecular weight excluding hydrogens is 434 g/mol. The molecule has 0 aromatic heterocycles. The molecule has 0 bridgehead atoms. The first kappa shape index (κ1) is 25.3. The minimum atomic E-state index is -0.220. The van der Waals surface area contributed by atoms with E-state index in [0.29, 0.717) is 18.4 Å². The molecule has 0 unspecified atom stereocenters. The van der Waals surface area contributed by atoms with Gasteiger partial charge in [-0.15, -0.1) is 0 Å². The highest BCUT2D eigenvalue weighted by molar-refractivity contribution is 6.01. The molecule has 1 aliphatic heterocycles. The molecule has 1 aliphatic carbocycles. The Labute approximate surface area is 210 Å². The summed E-state index contributed by atoms with van der Waals surface area (Å²) in [4.78, 5) is 30.8. The molecule has 1 N–H and O–H groups in total. The molecule has 4 rings (SSSR count). The maximum atomic E-state index is 13.7. The third-order valence-electron chi connectivity index (χ3n) is 7.78. The summed E-state index contributed by atoms with van der Waals surface area (Å²) in [5.74, 6) is 0.469. The van der Waals surface area contributed by atoms with E-state index in [1.807, 2.05) is 4.90 Å². The number of hydrogen-bond acceptors (Lipinski definition) is 2. The monoisotopic (exact) mass is 475 g/mol. The van der Waals surface area contributed by atoms with Crippen molar-refractivity contribution in [2.75, 3.05) is 23.3 Å². The van der Waals surface area contributed by atoms with Gasteiger partial charge in [0.15, 0.2) is 0 Å². The molecule has 1 saturated carbocycles. The van der Waals surface area contributed by atoms with E-state index in [2.05, 4.69) is 82.4 Å². The van der Waals surface area contributed by atoms with Gasteiger partial charge in [-0.25, -0.2) is 4.79 Å². The Balaban J connectivity index is 1.58. The summed E-state index contributed by atoms with van der Waals surface area (Å²) < 4.78 is 0. The van der Waals surface area contributed by atoms with Crippen LogP contribution >= 0.6 is 0 Å². The van der Waals surface area contributed by atoms with E-state index >= 15 is 0 Å². The summed E-state index contributed by atoms with van der Waals surface area (Å²) >= 11 is 0. The average molecular weight is 476 g/mol. The topological polar surface area (TPSA) is 52.7 Å². The van der Waals surface area contributed by atoms with Crippen LogP contribution in [-0.2, 0) is 11.2 Å². The zero-order valence-corrected chi connectivity index (χ0v) is 22.1. The zero-order valence-electron chi connectivity index (χ0n) is 22.1. The molecule has 1 heterocycles. The first-order valence-electron chi connectivity index (χ1n) is 13.4. The molecule has 5 nitrogen and oxygen atoms in total. The molecule has 2 fully saturated rings. The lowest BCUT2D eigenvalue weighted by Gasteiger charge is -2.40.